The predicted octanol–water partition coefficient (Wildman–Crippen LogP) is 3.30. The van der Waals surface area contributed by atoms with Gasteiger partial charge in [-0.2, -0.15) is 0 Å². The van der Waals surface area contributed by atoms with Crippen LogP contribution in [0.1, 0.15) is 13.3 Å². The maximum atomic E-state index is 12.4. The molecule has 6 heteroatoms. The van der Waals surface area contributed by atoms with Gasteiger partial charge in [0.25, 0.3) is 5.91 Å². The maximum Gasteiger partial charge on any atom is 0.261 e. The van der Waals surface area contributed by atoms with E-state index in [4.69, 9.17) is 4.74 Å². The lowest BCUT2D eigenvalue weighted by molar-refractivity contribution is -0.118. The standard InChI is InChI=1S/C15H17NO3S2/c1-10(17)13(15-20-8-5-9-21-15)14(18)16-11-6-3-4-7-12(11)19-2/h3-4,6-7H,5,8-9H2,1-2H3,(H,16,18). The Morgan fingerprint density at radius 1 is 1.19 bits per heavy atom. The van der Waals surface area contributed by atoms with Crippen LogP contribution >= 0.6 is 23.5 Å². The van der Waals surface area contributed by atoms with Crippen molar-refractivity contribution < 1.29 is 14.3 Å². The summed E-state index contributed by atoms with van der Waals surface area (Å²) in [4.78, 5) is 24.3. The number of carbonyl (C=O) groups excluding carboxylic acids is 2. The molecule has 1 aromatic rings. The molecular formula is C15H17NO3S2. The van der Waals surface area contributed by atoms with Crippen LogP contribution in [0.5, 0.6) is 5.75 Å². The average Bonchev–Trinajstić information content (AvgIpc) is 2.48. The summed E-state index contributed by atoms with van der Waals surface area (Å²) in [7, 11) is 1.54. The number of rotatable bonds is 4. The number of methoxy groups -OCH3 is 1. The normalized spacial score (nSPS) is 14.5. The van der Waals surface area contributed by atoms with Gasteiger partial charge in [-0.05, 0) is 37.0 Å². The lowest BCUT2D eigenvalue weighted by Crippen LogP contribution is -2.21. The minimum atomic E-state index is -0.371. The zero-order valence-electron chi connectivity index (χ0n) is 12.0. The van der Waals surface area contributed by atoms with E-state index in [0.717, 1.165) is 22.2 Å². The fraction of sp³-hybridized carbons (Fsp3) is 0.333. The van der Waals surface area contributed by atoms with Crippen LogP contribution in [0.3, 0.4) is 0 Å². The van der Waals surface area contributed by atoms with Crippen molar-refractivity contribution in [2.24, 2.45) is 0 Å². The molecule has 0 unspecified atom stereocenters. The number of benzene rings is 1. The Hall–Kier alpha value is -1.40. The van der Waals surface area contributed by atoms with Gasteiger partial charge in [0.15, 0.2) is 5.78 Å². The Labute approximate surface area is 132 Å². The first-order chi connectivity index (χ1) is 10.1. The van der Waals surface area contributed by atoms with Crippen LogP contribution in [0, 0.1) is 0 Å². The molecule has 0 spiro atoms. The molecular weight excluding hydrogens is 306 g/mol. The second-order valence-corrected chi connectivity index (χ2v) is 6.89. The van der Waals surface area contributed by atoms with E-state index in [0.29, 0.717) is 11.4 Å². The first kappa shape index (κ1) is 16.0. The Morgan fingerprint density at radius 2 is 1.86 bits per heavy atom. The van der Waals surface area contributed by atoms with E-state index in [2.05, 4.69) is 5.32 Å². The Balaban J connectivity index is 2.25. The summed E-state index contributed by atoms with van der Waals surface area (Å²) < 4.78 is 6.03. The molecule has 21 heavy (non-hydrogen) atoms. The lowest BCUT2D eigenvalue weighted by atomic mass is 10.2. The van der Waals surface area contributed by atoms with Crippen LogP contribution in [0.15, 0.2) is 34.1 Å². The first-order valence-electron chi connectivity index (χ1n) is 6.58. The second-order valence-electron chi connectivity index (χ2n) is 4.42. The monoisotopic (exact) mass is 323 g/mol. The number of hydrogen-bond donors (Lipinski definition) is 1. The number of hydrogen-bond acceptors (Lipinski definition) is 5. The first-order valence-corrected chi connectivity index (χ1v) is 8.55. The number of anilines is 1. The summed E-state index contributed by atoms with van der Waals surface area (Å²) in [5, 5.41) is 2.77. The van der Waals surface area contributed by atoms with Gasteiger partial charge < -0.3 is 10.1 Å². The molecule has 2 rings (SSSR count). The molecule has 0 atom stereocenters. The maximum absolute atomic E-state index is 12.4. The summed E-state index contributed by atoms with van der Waals surface area (Å²) in [5.74, 6) is 1.88. The van der Waals surface area contributed by atoms with E-state index in [9.17, 15) is 9.59 Å². The minimum absolute atomic E-state index is 0.209. The number of Topliss-reactive ketones (excluding diaryl/α,β-unsaturated/α-hetero) is 1. The average molecular weight is 323 g/mol. The highest BCUT2D eigenvalue weighted by Crippen LogP contribution is 2.38. The number of thioether (sulfide) groups is 2. The van der Waals surface area contributed by atoms with Crippen molar-refractivity contribution in [2.45, 2.75) is 13.3 Å². The van der Waals surface area contributed by atoms with Crippen LogP contribution < -0.4 is 10.1 Å². The summed E-state index contributed by atoms with van der Waals surface area (Å²) in [5.41, 5.74) is 0.811. The molecule has 0 saturated carbocycles. The Bertz CT molecular complexity index is 576. The van der Waals surface area contributed by atoms with Crippen LogP contribution in [-0.2, 0) is 9.59 Å². The van der Waals surface area contributed by atoms with Crippen molar-refractivity contribution >= 4 is 40.9 Å². The third kappa shape index (κ3) is 4.04. The molecule has 1 aliphatic heterocycles. The molecule has 0 aliphatic carbocycles. The van der Waals surface area contributed by atoms with Gasteiger partial charge in [0.05, 0.1) is 17.0 Å². The van der Waals surface area contributed by atoms with Gasteiger partial charge in [0.1, 0.15) is 11.3 Å². The highest BCUT2D eigenvalue weighted by molar-refractivity contribution is 8.22. The zero-order chi connectivity index (χ0) is 15.2. The third-order valence-corrected chi connectivity index (χ3v) is 5.52. The number of para-hydroxylation sites is 2. The zero-order valence-corrected chi connectivity index (χ0v) is 13.6. The Kier molecular flexibility index (Phi) is 5.76. The minimum Gasteiger partial charge on any atom is -0.495 e. The van der Waals surface area contributed by atoms with Gasteiger partial charge >= 0.3 is 0 Å². The fourth-order valence-corrected chi connectivity index (χ4v) is 4.63. The van der Waals surface area contributed by atoms with Crippen LogP contribution in [0.4, 0.5) is 5.69 Å². The van der Waals surface area contributed by atoms with Gasteiger partial charge in [-0.25, -0.2) is 0 Å². The van der Waals surface area contributed by atoms with Crippen molar-refractivity contribution in [3.8, 4) is 5.75 Å². The number of nitrogens with one attached hydrogen (secondary N) is 1. The van der Waals surface area contributed by atoms with Gasteiger partial charge in [-0.15, -0.1) is 23.5 Å². The number of amides is 1. The smallest absolute Gasteiger partial charge is 0.261 e. The van der Waals surface area contributed by atoms with Crippen molar-refractivity contribution in [3.05, 3.63) is 34.1 Å². The molecule has 1 fully saturated rings. The van der Waals surface area contributed by atoms with Crippen LogP contribution in [0.2, 0.25) is 0 Å². The van der Waals surface area contributed by atoms with E-state index >= 15 is 0 Å². The molecule has 0 radical (unpaired) electrons. The van der Waals surface area contributed by atoms with E-state index in [-0.39, 0.29) is 17.3 Å². The lowest BCUT2D eigenvalue weighted by Gasteiger charge is -2.17. The fourth-order valence-electron chi connectivity index (χ4n) is 1.90. The van der Waals surface area contributed by atoms with Crippen LogP contribution in [-0.4, -0.2) is 30.3 Å². The van der Waals surface area contributed by atoms with Crippen molar-refractivity contribution in [2.75, 3.05) is 23.9 Å². The third-order valence-electron chi connectivity index (χ3n) is 2.89. The topological polar surface area (TPSA) is 55.4 Å². The quantitative estimate of drug-likeness (QED) is 0.523. The summed E-state index contributed by atoms with van der Waals surface area (Å²) in [6, 6.07) is 7.15. The van der Waals surface area contributed by atoms with Gasteiger partial charge in [0.2, 0.25) is 0 Å². The highest BCUT2D eigenvalue weighted by Gasteiger charge is 2.23. The molecule has 112 valence electrons. The van der Waals surface area contributed by atoms with E-state index in [1.807, 2.05) is 12.1 Å². The molecule has 1 heterocycles. The van der Waals surface area contributed by atoms with E-state index in [1.165, 1.54) is 6.92 Å². The summed E-state index contributed by atoms with van der Waals surface area (Å²) in [6.07, 6.45) is 1.10. The molecule has 4 nitrogen and oxygen atoms in total. The largest absolute Gasteiger partial charge is 0.495 e. The molecule has 1 saturated heterocycles. The molecule has 1 amide bonds. The SMILES string of the molecule is COc1ccccc1NC(=O)C(C(C)=O)=C1SCCCS1. The van der Waals surface area contributed by atoms with Gasteiger partial charge in [-0.3, -0.25) is 9.59 Å². The number of ether oxygens (including phenoxy) is 1. The molecule has 1 aromatic carbocycles. The molecule has 1 N–H and O–H groups in total. The van der Waals surface area contributed by atoms with Crippen molar-refractivity contribution in [3.63, 3.8) is 0 Å². The van der Waals surface area contributed by atoms with Gasteiger partial charge in [0, 0.05) is 0 Å². The number of ketones is 1. The second kappa shape index (κ2) is 7.56. The molecule has 0 aromatic heterocycles. The van der Waals surface area contributed by atoms with E-state index < -0.39 is 0 Å². The molecule has 1 aliphatic rings. The van der Waals surface area contributed by atoms with Crippen LogP contribution in [0.25, 0.3) is 0 Å². The van der Waals surface area contributed by atoms with Gasteiger partial charge in [-0.1, -0.05) is 12.1 Å². The number of carbonyl (C=O) groups is 2. The molecule has 0 bridgehead atoms. The summed E-state index contributed by atoms with van der Waals surface area (Å²) >= 11 is 3.16. The van der Waals surface area contributed by atoms with Crippen molar-refractivity contribution in [1.82, 2.24) is 0 Å². The van der Waals surface area contributed by atoms with Crippen molar-refractivity contribution in [1.29, 1.82) is 0 Å². The highest BCUT2D eigenvalue weighted by atomic mass is 32.2. The Morgan fingerprint density at radius 3 is 2.48 bits per heavy atom. The predicted molar refractivity (Wildman–Crippen MR) is 88.9 cm³/mol. The van der Waals surface area contributed by atoms with E-state index in [1.54, 1.807) is 42.8 Å². The summed E-state index contributed by atoms with van der Waals surface area (Å²) in [6.45, 7) is 1.43.